The standard InChI is InChI=1S/C32H37N7OS/c1-5-8-29-34-30-21(4)16-25(33-32(40)24(19-41)15-20(2)3)17-28(30)39(29)18-22-11-13-23(14-12-22)26-9-6-7-10-27(26)31-35-37-38-36-31/h6-7,9-14,16-17,20,24,41H,5,8,15,18-19H2,1-4H3,(H,33,40)(H,35,36,37,38)/t24-/m0/s1. The molecule has 0 bridgehead atoms. The number of imidazole rings is 1. The molecule has 0 aliphatic rings. The molecule has 0 aliphatic carbocycles. The van der Waals surface area contributed by atoms with Crippen LogP contribution in [0, 0.1) is 18.8 Å². The number of fused-ring (bicyclic) bond motifs is 1. The average Bonchev–Trinajstić information content (AvgIpc) is 3.62. The van der Waals surface area contributed by atoms with Gasteiger partial charge in [0, 0.05) is 35.9 Å². The lowest BCUT2D eigenvalue weighted by molar-refractivity contribution is -0.119. The van der Waals surface area contributed by atoms with Gasteiger partial charge >= 0.3 is 0 Å². The van der Waals surface area contributed by atoms with Crippen molar-refractivity contribution in [3.8, 4) is 22.5 Å². The van der Waals surface area contributed by atoms with Crippen molar-refractivity contribution in [1.82, 2.24) is 30.2 Å². The maximum atomic E-state index is 13.1. The van der Waals surface area contributed by atoms with Crippen LogP contribution in [0.1, 0.15) is 50.6 Å². The van der Waals surface area contributed by atoms with Gasteiger partial charge in [0.1, 0.15) is 5.82 Å². The van der Waals surface area contributed by atoms with E-state index in [0.717, 1.165) is 64.1 Å². The predicted octanol–water partition coefficient (Wildman–Crippen LogP) is 6.72. The zero-order valence-electron chi connectivity index (χ0n) is 24.1. The number of carbonyl (C=O) groups is 1. The molecule has 1 amide bonds. The van der Waals surface area contributed by atoms with E-state index >= 15 is 0 Å². The Labute approximate surface area is 246 Å². The van der Waals surface area contributed by atoms with E-state index in [9.17, 15) is 4.79 Å². The highest BCUT2D eigenvalue weighted by molar-refractivity contribution is 7.80. The molecule has 9 heteroatoms. The molecule has 0 spiro atoms. The second-order valence-corrected chi connectivity index (χ2v) is 11.4. The van der Waals surface area contributed by atoms with Crippen LogP contribution in [0.25, 0.3) is 33.5 Å². The lowest BCUT2D eigenvalue weighted by Gasteiger charge is -2.17. The molecule has 0 fully saturated rings. The molecule has 41 heavy (non-hydrogen) atoms. The van der Waals surface area contributed by atoms with Gasteiger partial charge in [-0.05, 0) is 65.3 Å². The summed E-state index contributed by atoms with van der Waals surface area (Å²) in [7, 11) is 0. The molecule has 1 atom stereocenters. The molecule has 0 unspecified atom stereocenters. The molecule has 2 heterocycles. The molecule has 0 radical (unpaired) electrons. The zero-order chi connectivity index (χ0) is 28.9. The van der Waals surface area contributed by atoms with E-state index in [1.165, 1.54) is 5.56 Å². The number of hydrogen-bond acceptors (Lipinski definition) is 6. The number of aromatic amines is 1. The molecule has 0 saturated carbocycles. The summed E-state index contributed by atoms with van der Waals surface area (Å²) in [5.41, 5.74) is 8.08. The zero-order valence-corrected chi connectivity index (χ0v) is 24.9. The van der Waals surface area contributed by atoms with Crippen LogP contribution >= 0.6 is 12.6 Å². The van der Waals surface area contributed by atoms with E-state index in [1.807, 2.05) is 24.3 Å². The number of amides is 1. The third-order valence-electron chi connectivity index (χ3n) is 7.33. The van der Waals surface area contributed by atoms with Crippen LogP contribution in [-0.2, 0) is 17.8 Å². The first-order valence-electron chi connectivity index (χ1n) is 14.2. The Bertz CT molecular complexity index is 1620. The molecule has 2 aromatic heterocycles. The van der Waals surface area contributed by atoms with E-state index in [1.54, 1.807) is 0 Å². The number of tetrazole rings is 1. The summed E-state index contributed by atoms with van der Waals surface area (Å²) in [6.45, 7) is 9.18. The number of nitrogens with one attached hydrogen (secondary N) is 2. The number of thiol groups is 1. The summed E-state index contributed by atoms with van der Waals surface area (Å²) >= 11 is 4.44. The van der Waals surface area contributed by atoms with Crippen molar-refractivity contribution in [2.75, 3.05) is 11.1 Å². The third-order valence-corrected chi connectivity index (χ3v) is 7.77. The van der Waals surface area contributed by atoms with Crippen molar-refractivity contribution >= 4 is 35.3 Å². The monoisotopic (exact) mass is 567 g/mol. The van der Waals surface area contributed by atoms with Gasteiger partial charge in [-0.15, -0.1) is 10.2 Å². The number of nitrogens with zero attached hydrogens (tertiary/aromatic N) is 5. The highest BCUT2D eigenvalue weighted by atomic mass is 32.1. The Balaban J connectivity index is 1.45. The number of carbonyl (C=O) groups excluding carboxylic acids is 1. The summed E-state index contributed by atoms with van der Waals surface area (Å²) in [6.07, 6.45) is 2.68. The van der Waals surface area contributed by atoms with Gasteiger partial charge in [0.2, 0.25) is 11.7 Å². The maximum Gasteiger partial charge on any atom is 0.228 e. The van der Waals surface area contributed by atoms with Crippen molar-refractivity contribution in [1.29, 1.82) is 0 Å². The highest BCUT2D eigenvalue weighted by Gasteiger charge is 2.20. The molecular weight excluding hydrogens is 530 g/mol. The van der Waals surface area contributed by atoms with Crippen molar-refractivity contribution in [3.63, 3.8) is 0 Å². The van der Waals surface area contributed by atoms with Gasteiger partial charge < -0.3 is 9.88 Å². The summed E-state index contributed by atoms with van der Waals surface area (Å²) in [5.74, 6) is 2.47. The van der Waals surface area contributed by atoms with E-state index in [2.05, 4.69) is 107 Å². The van der Waals surface area contributed by atoms with E-state index in [0.29, 0.717) is 24.0 Å². The Morgan fingerprint density at radius 1 is 1.07 bits per heavy atom. The molecule has 5 rings (SSSR count). The predicted molar refractivity (Wildman–Crippen MR) is 168 cm³/mol. The van der Waals surface area contributed by atoms with Crippen LogP contribution in [-0.4, -0.2) is 41.8 Å². The van der Waals surface area contributed by atoms with E-state index in [-0.39, 0.29) is 11.8 Å². The number of rotatable bonds is 11. The van der Waals surface area contributed by atoms with Crippen LogP contribution in [0.5, 0.6) is 0 Å². The Morgan fingerprint density at radius 3 is 2.49 bits per heavy atom. The Hall–Kier alpha value is -3.98. The number of anilines is 1. The van der Waals surface area contributed by atoms with Crippen LogP contribution in [0.2, 0.25) is 0 Å². The van der Waals surface area contributed by atoms with Gasteiger partial charge in [0.05, 0.1) is 11.0 Å². The maximum absolute atomic E-state index is 13.1. The van der Waals surface area contributed by atoms with Gasteiger partial charge in [-0.3, -0.25) is 4.79 Å². The first-order chi connectivity index (χ1) is 19.9. The van der Waals surface area contributed by atoms with Gasteiger partial charge in [-0.1, -0.05) is 69.3 Å². The topological polar surface area (TPSA) is 101 Å². The first kappa shape index (κ1) is 28.5. The van der Waals surface area contributed by atoms with E-state index < -0.39 is 0 Å². The fraction of sp³-hybridized carbons (Fsp3) is 0.344. The fourth-order valence-electron chi connectivity index (χ4n) is 5.36. The highest BCUT2D eigenvalue weighted by Crippen LogP contribution is 2.31. The third kappa shape index (κ3) is 6.35. The number of hydrogen-bond donors (Lipinski definition) is 3. The van der Waals surface area contributed by atoms with Crippen molar-refractivity contribution in [2.45, 2.75) is 53.5 Å². The lowest BCUT2D eigenvalue weighted by atomic mass is 9.98. The van der Waals surface area contributed by atoms with E-state index in [4.69, 9.17) is 4.98 Å². The molecule has 212 valence electrons. The quantitative estimate of drug-likeness (QED) is 0.154. The van der Waals surface area contributed by atoms with Gasteiger partial charge in [-0.2, -0.15) is 17.8 Å². The van der Waals surface area contributed by atoms with Crippen LogP contribution < -0.4 is 5.32 Å². The molecule has 0 aliphatic heterocycles. The van der Waals surface area contributed by atoms with Crippen LogP contribution in [0.3, 0.4) is 0 Å². The summed E-state index contributed by atoms with van der Waals surface area (Å²) in [4.78, 5) is 18.1. The second-order valence-electron chi connectivity index (χ2n) is 11.0. The van der Waals surface area contributed by atoms with Crippen molar-refractivity contribution < 1.29 is 4.79 Å². The smallest absolute Gasteiger partial charge is 0.228 e. The second kappa shape index (κ2) is 12.7. The number of benzene rings is 3. The molecule has 5 aromatic rings. The van der Waals surface area contributed by atoms with Gasteiger partial charge in [-0.25, -0.2) is 4.98 Å². The van der Waals surface area contributed by atoms with Crippen LogP contribution in [0.4, 0.5) is 5.69 Å². The van der Waals surface area contributed by atoms with Crippen molar-refractivity contribution in [3.05, 3.63) is 77.6 Å². The minimum absolute atomic E-state index is 0.0176. The molecule has 0 saturated heterocycles. The minimum Gasteiger partial charge on any atom is -0.326 e. The van der Waals surface area contributed by atoms with Gasteiger partial charge in [0.15, 0.2) is 0 Å². The number of aryl methyl sites for hydroxylation is 2. The Kier molecular flexibility index (Phi) is 8.83. The lowest BCUT2D eigenvalue weighted by Crippen LogP contribution is -2.25. The summed E-state index contributed by atoms with van der Waals surface area (Å²) in [5, 5.41) is 17.8. The molecule has 3 aromatic carbocycles. The van der Waals surface area contributed by atoms with Crippen LogP contribution in [0.15, 0.2) is 60.7 Å². The Morgan fingerprint density at radius 2 is 1.83 bits per heavy atom. The van der Waals surface area contributed by atoms with Gasteiger partial charge in [0.25, 0.3) is 0 Å². The summed E-state index contributed by atoms with van der Waals surface area (Å²) < 4.78 is 2.29. The fourth-order valence-corrected chi connectivity index (χ4v) is 5.67. The first-order valence-corrected chi connectivity index (χ1v) is 14.8. The largest absolute Gasteiger partial charge is 0.326 e. The average molecular weight is 568 g/mol. The molecular formula is C32H37N7OS. The normalized spacial score (nSPS) is 12.2. The molecule has 2 N–H and O–H groups in total. The summed E-state index contributed by atoms with van der Waals surface area (Å²) in [6, 6.07) is 20.7. The minimum atomic E-state index is -0.126. The number of H-pyrrole nitrogens is 1. The SMILES string of the molecule is CCCc1nc2c(C)cc(NC(=O)[C@H](CS)CC(C)C)cc2n1Cc1ccc(-c2ccccc2-c2nn[nH]n2)cc1. The number of aromatic nitrogens is 6. The van der Waals surface area contributed by atoms with Crippen molar-refractivity contribution in [2.24, 2.45) is 11.8 Å². The molecule has 8 nitrogen and oxygen atoms in total.